The molecule has 0 unspecified atom stereocenters. The molecule has 0 atom stereocenters. The Bertz CT molecular complexity index is 724. The van der Waals surface area contributed by atoms with E-state index in [0.717, 1.165) is 41.5 Å². The second-order valence-corrected chi connectivity index (χ2v) is 4.44. The zero-order valence-electron chi connectivity index (χ0n) is 11.3. The first-order chi connectivity index (χ1) is 9.24. The second kappa shape index (κ2) is 4.46. The van der Waals surface area contributed by atoms with Crippen molar-refractivity contribution in [1.82, 2.24) is 29.4 Å². The van der Waals surface area contributed by atoms with E-state index in [9.17, 15) is 0 Å². The van der Waals surface area contributed by atoms with E-state index >= 15 is 0 Å². The molecule has 6 heteroatoms. The van der Waals surface area contributed by atoms with E-state index in [1.165, 1.54) is 0 Å². The summed E-state index contributed by atoms with van der Waals surface area (Å²) in [6, 6.07) is 2.12. The standard InChI is InChI=1S/C13H16N6/c1-4-10-8-11(5-2)19(17-10)12-13-16-15-9(3)18(13)7-6-14-12/h6-8H,4-5H2,1-3H3. The van der Waals surface area contributed by atoms with Gasteiger partial charge < -0.3 is 0 Å². The Morgan fingerprint density at radius 3 is 2.74 bits per heavy atom. The van der Waals surface area contributed by atoms with Gasteiger partial charge in [0.25, 0.3) is 0 Å². The maximum Gasteiger partial charge on any atom is 0.206 e. The molecule has 3 aromatic heterocycles. The molecule has 3 rings (SSSR count). The van der Waals surface area contributed by atoms with E-state index < -0.39 is 0 Å². The van der Waals surface area contributed by atoms with Gasteiger partial charge in [-0.3, -0.25) is 4.40 Å². The van der Waals surface area contributed by atoms with Crippen molar-refractivity contribution in [2.75, 3.05) is 0 Å². The summed E-state index contributed by atoms with van der Waals surface area (Å²) in [5.41, 5.74) is 2.94. The first-order valence-corrected chi connectivity index (χ1v) is 6.49. The van der Waals surface area contributed by atoms with Gasteiger partial charge in [-0.15, -0.1) is 10.2 Å². The molecular weight excluding hydrogens is 240 g/mol. The predicted molar refractivity (Wildman–Crippen MR) is 71.4 cm³/mol. The van der Waals surface area contributed by atoms with Gasteiger partial charge in [-0.05, 0) is 25.8 Å². The van der Waals surface area contributed by atoms with E-state index in [2.05, 4.69) is 40.2 Å². The summed E-state index contributed by atoms with van der Waals surface area (Å²) in [5, 5.41) is 12.9. The molecule has 0 aliphatic rings. The highest BCUT2D eigenvalue weighted by Gasteiger charge is 2.14. The lowest BCUT2D eigenvalue weighted by Gasteiger charge is -2.05. The molecule has 0 spiro atoms. The van der Waals surface area contributed by atoms with Crippen LogP contribution < -0.4 is 0 Å². The largest absolute Gasteiger partial charge is 0.282 e. The van der Waals surface area contributed by atoms with Crippen LogP contribution in [0.5, 0.6) is 0 Å². The SMILES string of the molecule is CCc1cc(CC)n(-c2nccn3c(C)nnc23)n1. The van der Waals surface area contributed by atoms with Crippen molar-refractivity contribution < 1.29 is 0 Å². The van der Waals surface area contributed by atoms with Crippen LogP contribution >= 0.6 is 0 Å². The number of nitrogens with zero attached hydrogens (tertiary/aromatic N) is 6. The first kappa shape index (κ1) is 11.8. The molecule has 0 aromatic carbocycles. The van der Waals surface area contributed by atoms with Crippen LogP contribution in [0.4, 0.5) is 0 Å². The van der Waals surface area contributed by atoms with Crippen molar-refractivity contribution in [2.24, 2.45) is 0 Å². The number of hydrogen-bond acceptors (Lipinski definition) is 4. The minimum atomic E-state index is 0.736. The highest BCUT2D eigenvalue weighted by molar-refractivity contribution is 5.54. The summed E-state index contributed by atoms with van der Waals surface area (Å²) < 4.78 is 3.80. The fourth-order valence-electron chi connectivity index (χ4n) is 2.16. The highest BCUT2D eigenvalue weighted by Crippen LogP contribution is 2.16. The van der Waals surface area contributed by atoms with Crippen molar-refractivity contribution in [3.05, 3.63) is 35.7 Å². The Morgan fingerprint density at radius 1 is 1.16 bits per heavy atom. The minimum absolute atomic E-state index is 0.736. The lowest BCUT2D eigenvalue weighted by atomic mass is 10.2. The minimum Gasteiger partial charge on any atom is -0.282 e. The molecule has 0 saturated carbocycles. The van der Waals surface area contributed by atoms with Gasteiger partial charge in [-0.25, -0.2) is 9.67 Å². The van der Waals surface area contributed by atoms with Crippen LogP contribution in [0.1, 0.15) is 31.1 Å². The fraction of sp³-hybridized carbons (Fsp3) is 0.385. The number of rotatable bonds is 3. The maximum atomic E-state index is 4.60. The molecule has 0 aliphatic heterocycles. The molecule has 0 radical (unpaired) electrons. The third-order valence-corrected chi connectivity index (χ3v) is 3.24. The number of aryl methyl sites for hydroxylation is 3. The maximum absolute atomic E-state index is 4.60. The molecule has 0 N–H and O–H groups in total. The van der Waals surface area contributed by atoms with Gasteiger partial charge in [0.1, 0.15) is 5.82 Å². The smallest absolute Gasteiger partial charge is 0.206 e. The fourth-order valence-corrected chi connectivity index (χ4v) is 2.16. The molecule has 19 heavy (non-hydrogen) atoms. The zero-order valence-corrected chi connectivity index (χ0v) is 11.3. The Balaban J connectivity index is 2.26. The van der Waals surface area contributed by atoms with Crippen molar-refractivity contribution >= 4 is 5.65 Å². The van der Waals surface area contributed by atoms with Crippen LogP contribution in [-0.2, 0) is 12.8 Å². The molecule has 0 saturated heterocycles. The van der Waals surface area contributed by atoms with E-state index in [-0.39, 0.29) is 0 Å². The first-order valence-electron chi connectivity index (χ1n) is 6.49. The number of hydrogen-bond donors (Lipinski definition) is 0. The molecular formula is C13H16N6. The van der Waals surface area contributed by atoms with Gasteiger partial charge in [-0.2, -0.15) is 5.10 Å². The van der Waals surface area contributed by atoms with Gasteiger partial charge in [0.05, 0.1) is 5.69 Å². The molecule has 6 nitrogen and oxygen atoms in total. The van der Waals surface area contributed by atoms with Gasteiger partial charge in [0.15, 0.2) is 5.82 Å². The Kier molecular flexibility index (Phi) is 2.77. The summed E-state index contributed by atoms with van der Waals surface area (Å²) in [6.07, 6.45) is 5.44. The Labute approximate surface area is 111 Å². The zero-order chi connectivity index (χ0) is 13.4. The van der Waals surface area contributed by atoms with Crippen LogP contribution in [0.15, 0.2) is 18.5 Å². The van der Waals surface area contributed by atoms with Crippen LogP contribution in [0.2, 0.25) is 0 Å². The highest BCUT2D eigenvalue weighted by atomic mass is 15.4. The Morgan fingerprint density at radius 2 is 2.00 bits per heavy atom. The predicted octanol–water partition coefficient (Wildman–Crippen LogP) is 1.74. The molecule has 0 aliphatic carbocycles. The molecule has 0 amide bonds. The van der Waals surface area contributed by atoms with Crippen LogP contribution in [0, 0.1) is 6.92 Å². The normalized spacial score (nSPS) is 11.3. The van der Waals surface area contributed by atoms with Crippen LogP contribution in [-0.4, -0.2) is 29.4 Å². The average molecular weight is 256 g/mol. The van der Waals surface area contributed by atoms with Gasteiger partial charge in [-0.1, -0.05) is 13.8 Å². The number of fused-ring (bicyclic) bond motifs is 1. The van der Waals surface area contributed by atoms with Crippen molar-refractivity contribution in [3.8, 4) is 5.82 Å². The molecule has 3 aromatic rings. The summed E-state index contributed by atoms with van der Waals surface area (Å²) in [5.74, 6) is 1.58. The quantitative estimate of drug-likeness (QED) is 0.716. The second-order valence-electron chi connectivity index (χ2n) is 4.44. The van der Waals surface area contributed by atoms with Crippen molar-refractivity contribution in [1.29, 1.82) is 0 Å². The van der Waals surface area contributed by atoms with Crippen molar-refractivity contribution in [2.45, 2.75) is 33.6 Å². The van der Waals surface area contributed by atoms with E-state index in [0.29, 0.717) is 0 Å². The summed E-state index contributed by atoms with van der Waals surface area (Å²) in [6.45, 7) is 6.13. The van der Waals surface area contributed by atoms with E-state index in [4.69, 9.17) is 0 Å². The molecule has 98 valence electrons. The summed E-state index contributed by atoms with van der Waals surface area (Å²) in [4.78, 5) is 4.42. The van der Waals surface area contributed by atoms with Crippen LogP contribution in [0.25, 0.3) is 11.5 Å². The summed E-state index contributed by atoms with van der Waals surface area (Å²) >= 11 is 0. The monoisotopic (exact) mass is 256 g/mol. The van der Waals surface area contributed by atoms with Gasteiger partial charge >= 0.3 is 0 Å². The Hall–Kier alpha value is -2.24. The van der Waals surface area contributed by atoms with Gasteiger partial charge in [0.2, 0.25) is 5.65 Å². The lowest BCUT2D eigenvalue weighted by molar-refractivity contribution is 0.770. The third-order valence-electron chi connectivity index (χ3n) is 3.24. The van der Waals surface area contributed by atoms with E-state index in [1.807, 2.05) is 22.2 Å². The summed E-state index contributed by atoms with van der Waals surface area (Å²) in [7, 11) is 0. The van der Waals surface area contributed by atoms with Gasteiger partial charge in [0, 0.05) is 18.1 Å². The average Bonchev–Trinajstić information content (AvgIpc) is 3.02. The molecule has 3 heterocycles. The topological polar surface area (TPSA) is 60.9 Å². The number of aromatic nitrogens is 6. The van der Waals surface area contributed by atoms with Crippen LogP contribution in [0.3, 0.4) is 0 Å². The van der Waals surface area contributed by atoms with Crippen molar-refractivity contribution in [3.63, 3.8) is 0 Å². The third kappa shape index (κ3) is 1.80. The molecule has 0 bridgehead atoms. The lowest BCUT2D eigenvalue weighted by Crippen LogP contribution is -2.07. The molecule has 0 fully saturated rings. The van der Waals surface area contributed by atoms with E-state index in [1.54, 1.807) is 6.20 Å².